The van der Waals surface area contributed by atoms with Crippen LogP contribution in [0, 0.1) is 6.92 Å². The lowest BCUT2D eigenvalue weighted by atomic mass is 9.94. The van der Waals surface area contributed by atoms with Gasteiger partial charge in [-0.15, -0.1) is 0 Å². The molecule has 1 aromatic heterocycles. The number of aryl methyl sites for hydroxylation is 2. The highest BCUT2D eigenvalue weighted by atomic mass is 16.5. The van der Waals surface area contributed by atoms with Crippen molar-refractivity contribution in [2.24, 2.45) is 0 Å². The first-order valence-electron chi connectivity index (χ1n) is 7.82. The molecule has 1 N–H and O–H groups in total. The van der Waals surface area contributed by atoms with Gasteiger partial charge in [0.05, 0.1) is 12.3 Å². The minimum atomic E-state index is -0.607. The van der Waals surface area contributed by atoms with Crippen LogP contribution in [-0.2, 0) is 16.1 Å². The molecular formula is C16H29N3O2. The second-order valence-electron chi connectivity index (χ2n) is 6.03. The van der Waals surface area contributed by atoms with Crippen LogP contribution < -0.4 is 5.32 Å². The normalized spacial score (nSPS) is 14.2. The zero-order valence-electron chi connectivity index (χ0n) is 14.0. The molecular weight excluding hydrogens is 266 g/mol. The van der Waals surface area contributed by atoms with E-state index in [1.807, 2.05) is 51.6 Å². The number of hydrogen-bond acceptors (Lipinski definition) is 4. The van der Waals surface area contributed by atoms with Crippen molar-refractivity contribution in [3.8, 4) is 0 Å². The highest BCUT2D eigenvalue weighted by Crippen LogP contribution is 2.17. The van der Waals surface area contributed by atoms with E-state index < -0.39 is 5.54 Å². The predicted molar refractivity (Wildman–Crippen MR) is 84.1 cm³/mol. The van der Waals surface area contributed by atoms with Gasteiger partial charge in [0.15, 0.2) is 0 Å². The Hall–Kier alpha value is -1.36. The zero-order valence-corrected chi connectivity index (χ0v) is 14.0. The monoisotopic (exact) mass is 295 g/mol. The molecule has 0 radical (unpaired) electrons. The van der Waals surface area contributed by atoms with E-state index >= 15 is 0 Å². The molecule has 0 aliphatic carbocycles. The average molecular weight is 295 g/mol. The van der Waals surface area contributed by atoms with Gasteiger partial charge < -0.3 is 4.74 Å². The molecule has 1 heterocycles. The van der Waals surface area contributed by atoms with Crippen LogP contribution in [-0.4, -0.2) is 33.9 Å². The van der Waals surface area contributed by atoms with Gasteiger partial charge in [-0.3, -0.25) is 14.8 Å². The van der Waals surface area contributed by atoms with Crippen LogP contribution in [0.15, 0.2) is 12.3 Å². The third-order valence-corrected chi connectivity index (χ3v) is 3.42. The van der Waals surface area contributed by atoms with E-state index in [1.54, 1.807) is 0 Å². The van der Waals surface area contributed by atoms with Gasteiger partial charge in [0.1, 0.15) is 5.54 Å². The Labute approximate surface area is 128 Å². The number of ether oxygens (including phenoxy) is 1. The zero-order chi connectivity index (χ0) is 15.9. The fourth-order valence-corrected chi connectivity index (χ4v) is 2.50. The van der Waals surface area contributed by atoms with E-state index in [2.05, 4.69) is 10.4 Å². The molecule has 1 unspecified atom stereocenters. The number of carbonyl (C=O) groups excluding carboxylic acids is 1. The van der Waals surface area contributed by atoms with Crippen molar-refractivity contribution in [3.05, 3.63) is 18.0 Å². The van der Waals surface area contributed by atoms with Crippen LogP contribution in [0.3, 0.4) is 0 Å². The summed E-state index contributed by atoms with van der Waals surface area (Å²) >= 11 is 0. The van der Waals surface area contributed by atoms with Crippen LogP contribution in [0.1, 0.15) is 52.7 Å². The van der Waals surface area contributed by atoms with E-state index in [-0.39, 0.29) is 12.0 Å². The van der Waals surface area contributed by atoms with E-state index in [0.29, 0.717) is 6.61 Å². The first-order chi connectivity index (χ1) is 9.87. The molecule has 5 nitrogen and oxygen atoms in total. The Kier molecular flexibility index (Phi) is 6.89. The number of nitrogens with one attached hydrogen (secondary N) is 1. The maximum Gasteiger partial charge on any atom is 0.326 e. The fourth-order valence-electron chi connectivity index (χ4n) is 2.50. The summed E-state index contributed by atoms with van der Waals surface area (Å²) in [5.74, 6) is -0.159. The number of carbonyl (C=O) groups is 1. The topological polar surface area (TPSA) is 56.2 Å². The molecule has 1 rings (SSSR count). The maximum atomic E-state index is 12.2. The molecule has 21 heavy (non-hydrogen) atoms. The summed E-state index contributed by atoms with van der Waals surface area (Å²) in [6.45, 7) is 11.2. The minimum absolute atomic E-state index is 0.159. The third kappa shape index (κ3) is 5.87. The molecule has 5 heteroatoms. The molecule has 0 saturated heterocycles. The predicted octanol–water partition coefficient (Wildman–Crippen LogP) is 2.68. The second-order valence-corrected chi connectivity index (χ2v) is 6.03. The Bertz CT molecular complexity index is 442. The Balaban J connectivity index is 2.47. The third-order valence-electron chi connectivity index (χ3n) is 3.42. The van der Waals surface area contributed by atoms with Crippen LogP contribution in [0.4, 0.5) is 0 Å². The Morgan fingerprint density at radius 3 is 2.71 bits per heavy atom. The maximum absolute atomic E-state index is 12.2. The minimum Gasteiger partial charge on any atom is -0.465 e. The van der Waals surface area contributed by atoms with Crippen molar-refractivity contribution in [2.75, 3.05) is 6.61 Å². The Morgan fingerprint density at radius 2 is 2.19 bits per heavy atom. The van der Waals surface area contributed by atoms with Gasteiger partial charge in [0.2, 0.25) is 0 Å². The molecule has 0 aromatic carbocycles. The lowest BCUT2D eigenvalue weighted by Gasteiger charge is -2.30. The van der Waals surface area contributed by atoms with Gasteiger partial charge in [-0.2, -0.15) is 5.10 Å². The number of esters is 1. The summed E-state index contributed by atoms with van der Waals surface area (Å²) in [5.41, 5.74) is 0.428. The number of rotatable bonds is 9. The van der Waals surface area contributed by atoms with Crippen molar-refractivity contribution in [2.45, 2.75) is 72.0 Å². The smallest absolute Gasteiger partial charge is 0.326 e. The number of aromatic nitrogens is 2. The molecule has 0 spiro atoms. The van der Waals surface area contributed by atoms with Crippen LogP contribution in [0.5, 0.6) is 0 Å². The van der Waals surface area contributed by atoms with Gasteiger partial charge in [-0.05, 0) is 59.9 Å². The summed E-state index contributed by atoms with van der Waals surface area (Å²) in [6.07, 6.45) is 4.71. The van der Waals surface area contributed by atoms with Crippen LogP contribution in [0.2, 0.25) is 0 Å². The van der Waals surface area contributed by atoms with Gasteiger partial charge >= 0.3 is 5.97 Å². The lowest BCUT2D eigenvalue weighted by Crippen LogP contribution is -2.53. The molecule has 0 aliphatic rings. The highest BCUT2D eigenvalue weighted by Gasteiger charge is 2.34. The molecule has 0 aliphatic heterocycles. The van der Waals surface area contributed by atoms with Crippen molar-refractivity contribution < 1.29 is 9.53 Å². The van der Waals surface area contributed by atoms with Gasteiger partial charge in [0, 0.05) is 18.8 Å². The van der Waals surface area contributed by atoms with Crippen LogP contribution >= 0.6 is 0 Å². The number of hydrogen-bond donors (Lipinski definition) is 1. The van der Waals surface area contributed by atoms with Crippen molar-refractivity contribution >= 4 is 5.97 Å². The molecule has 1 aromatic rings. The van der Waals surface area contributed by atoms with E-state index in [1.165, 1.54) is 0 Å². The quantitative estimate of drug-likeness (QED) is 0.562. The lowest BCUT2D eigenvalue weighted by molar-refractivity contribution is -0.151. The second kappa shape index (κ2) is 8.17. The summed E-state index contributed by atoms with van der Waals surface area (Å²) in [5, 5.41) is 7.71. The summed E-state index contributed by atoms with van der Waals surface area (Å²) in [4.78, 5) is 12.2. The average Bonchev–Trinajstić information content (AvgIpc) is 2.80. The fraction of sp³-hybridized carbons (Fsp3) is 0.750. The SMILES string of the molecule is CCOC(=O)C(C)(CCCCn1ccc(C)n1)NC(C)C. The summed E-state index contributed by atoms with van der Waals surface area (Å²) < 4.78 is 7.16. The first-order valence-corrected chi connectivity index (χ1v) is 7.82. The van der Waals surface area contributed by atoms with Crippen molar-refractivity contribution in [3.63, 3.8) is 0 Å². The van der Waals surface area contributed by atoms with Gasteiger partial charge in [0.25, 0.3) is 0 Å². The van der Waals surface area contributed by atoms with E-state index in [4.69, 9.17) is 4.74 Å². The molecule has 1 atom stereocenters. The standard InChI is InChI=1S/C16H29N3O2/c1-6-21-15(20)16(5,17-13(2)3)10-7-8-11-19-12-9-14(4)18-19/h9,12-13,17H,6-8,10-11H2,1-5H3. The Morgan fingerprint density at radius 1 is 1.48 bits per heavy atom. The van der Waals surface area contributed by atoms with Gasteiger partial charge in [-0.1, -0.05) is 0 Å². The molecule has 0 amide bonds. The number of unbranched alkanes of at least 4 members (excludes halogenated alkanes) is 1. The van der Waals surface area contributed by atoms with E-state index in [9.17, 15) is 4.79 Å². The summed E-state index contributed by atoms with van der Waals surface area (Å²) in [6, 6.07) is 2.25. The van der Waals surface area contributed by atoms with E-state index in [0.717, 1.165) is 31.5 Å². The molecule has 0 fully saturated rings. The largest absolute Gasteiger partial charge is 0.465 e. The van der Waals surface area contributed by atoms with Crippen LogP contribution in [0.25, 0.3) is 0 Å². The summed E-state index contributed by atoms with van der Waals surface area (Å²) in [7, 11) is 0. The van der Waals surface area contributed by atoms with Crippen molar-refractivity contribution in [1.82, 2.24) is 15.1 Å². The molecule has 0 bridgehead atoms. The molecule has 0 saturated carbocycles. The van der Waals surface area contributed by atoms with Crippen molar-refractivity contribution in [1.29, 1.82) is 0 Å². The molecule has 120 valence electrons. The highest BCUT2D eigenvalue weighted by molar-refractivity contribution is 5.80. The first kappa shape index (κ1) is 17.7. The number of nitrogens with zero attached hydrogens (tertiary/aromatic N) is 2. The van der Waals surface area contributed by atoms with Gasteiger partial charge in [-0.25, -0.2) is 0 Å².